The van der Waals surface area contributed by atoms with E-state index in [1.165, 1.54) is 0 Å². The van der Waals surface area contributed by atoms with Crippen molar-refractivity contribution in [1.82, 2.24) is 24.6 Å². The first kappa shape index (κ1) is 19.6. The molecule has 0 radical (unpaired) electrons. The molecule has 0 aliphatic carbocycles. The van der Waals surface area contributed by atoms with Crippen molar-refractivity contribution in [2.24, 2.45) is 7.05 Å². The second kappa shape index (κ2) is 7.84. The maximum atomic E-state index is 12.7. The normalized spacial score (nSPS) is 17.4. The van der Waals surface area contributed by atoms with Gasteiger partial charge in [-0.3, -0.25) is 24.3 Å². The van der Waals surface area contributed by atoms with Crippen molar-refractivity contribution in [2.75, 3.05) is 26.2 Å². The van der Waals surface area contributed by atoms with Crippen LogP contribution in [0.25, 0.3) is 11.0 Å². The molecule has 1 unspecified atom stereocenters. The van der Waals surface area contributed by atoms with Gasteiger partial charge in [-0.25, -0.2) is 4.98 Å². The van der Waals surface area contributed by atoms with Gasteiger partial charge in [0.1, 0.15) is 0 Å². The smallest absolute Gasteiger partial charge is 0.273 e. The number of amides is 1. The largest absolute Gasteiger partial charge is 0.341 e. The molecule has 2 aromatic rings. The number of carbonyl (C=O) groups is 1. The van der Waals surface area contributed by atoms with Gasteiger partial charge in [-0.2, -0.15) is 0 Å². The summed E-state index contributed by atoms with van der Waals surface area (Å²) in [6.45, 7) is 12.0. The Morgan fingerprint density at radius 2 is 2.00 bits per heavy atom. The summed E-state index contributed by atoms with van der Waals surface area (Å²) >= 11 is 0. The van der Waals surface area contributed by atoms with E-state index >= 15 is 0 Å². The predicted molar refractivity (Wildman–Crippen MR) is 107 cm³/mol. The number of hydrogen-bond acceptors (Lipinski definition) is 4. The SMILES string of the molecule is CCN(CC)C1CCN(C(=O)CCc2c(C)nc3c(c2C)c(=O)[nH]n3C)C1. The molecule has 1 aliphatic rings. The molecular weight excluding hydrogens is 342 g/mol. The first-order valence-electron chi connectivity index (χ1n) is 9.93. The molecule has 7 nitrogen and oxygen atoms in total. The van der Waals surface area contributed by atoms with Gasteiger partial charge in [0.15, 0.2) is 5.65 Å². The molecule has 0 aromatic carbocycles. The highest BCUT2D eigenvalue weighted by Crippen LogP contribution is 2.22. The highest BCUT2D eigenvalue weighted by molar-refractivity contribution is 5.81. The Balaban J connectivity index is 1.71. The number of likely N-dealkylation sites (N-methyl/N-ethyl adjacent to an activating group) is 1. The molecule has 3 heterocycles. The number of carbonyl (C=O) groups excluding carboxylic acids is 1. The lowest BCUT2D eigenvalue weighted by atomic mass is 10.00. The molecule has 27 heavy (non-hydrogen) atoms. The highest BCUT2D eigenvalue weighted by Gasteiger charge is 2.29. The fourth-order valence-corrected chi connectivity index (χ4v) is 4.41. The van der Waals surface area contributed by atoms with Crippen molar-refractivity contribution in [3.05, 3.63) is 27.2 Å². The van der Waals surface area contributed by atoms with Gasteiger partial charge in [-0.1, -0.05) is 13.8 Å². The maximum Gasteiger partial charge on any atom is 0.273 e. The van der Waals surface area contributed by atoms with E-state index in [0.717, 1.165) is 49.4 Å². The minimum Gasteiger partial charge on any atom is -0.341 e. The fourth-order valence-electron chi connectivity index (χ4n) is 4.41. The van der Waals surface area contributed by atoms with Crippen molar-refractivity contribution in [3.8, 4) is 0 Å². The molecule has 1 fully saturated rings. The van der Waals surface area contributed by atoms with Gasteiger partial charge in [-0.15, -0.1) is 0 Å². The van der Waals surface area contributed by atoms with Gasteiger partial charge < -0.3 is 4.90 Å². The Morgan fingerprint density at radius 1 is 1.30 bits per heavy atom. The molecule has 0 bridgehead atoms. The van der Waals surface area contributed by atoms with E-state index in [0.29, 0.717) is 29.9 Å². The zero-order valence-corrected chi connectivity index (χ0v) is 17.1. The fraction of sp³-hybridized carbons (Fsp3) is 0.650. The predicted octanol–water partition coefficient (Wildman–Crippen LogP) is 1.75. The number of likely N-dealkylation sites (tertiary alicyclic amines) is 1. The van der Waals surface area contributed by atoms with Crippen LogP contribution in [-0.4, -0.2) is 62.7 Å². The maximum absolute atomic E-state index is 12.7. The van der Waals surface area contributed by atoms with Crippen molar-refractivity contribution in [2.45, 2.75) is 53.0 Å². The Morgan fingerprint density at radius 3 is 2.67 bits per heavy atom. The van der Waals surface area contributed by atoms with Crippen LogP contribution in [0.5, 0.6) is 0 Å². The lowest BCUT2D eigenvalue weighted by Crippen LogP contribution is -2.38. The molecule has 0 saturated carbocycles. The van der Waals surface area contributed by atoms with E-state index in [1.807, 2.05) is 18.7 Å². The van der Waals surface area contributed by atoms with E-state index in [1.54, 1.807) is 11.7 Å². The summed E-state index contributed by atoms with van der Waals surface area (Å²) in [5, 5.41) is 3.40. The molecule has 1 amide bonds. The quantitative estimate of drug-likeness (QED) is 0.837. The zero-order chi connectivity index (χ0) is 19.7. The summed E-state index contributed by atoms with van der Waals surface area (Å²) < 4.78 is 1.66. The molecule has 7 heteroatoms. The summed E-state index contributed by atoms with van der Waals surface area (Å²) in [6.07, 6.45) is 2.14. The van der Waals surface area contributed by atoms with Gasteiger partial charge in [0.2, 0.25) is 5.91 Å². The number of pyridine rings is 1. The van der Waals surface area contributed by atoms with Crippen LogP contribution in [0.3, 0.4) is 0 Å². The Bertz CT molecular complexity index is 894. The third kappa shape index (κ3) is 3.65. The van der Waals surface area contributed by atoms with Crippen molar-refractivity contribution >= 4 is 16.9 Å². The Hall–Kier alpha value is -2.15. The summed E-state index contributed by atoms with van der Waals surface area (Å²) in [7, 11) is 1.79. The monoisotopic (exact) mass is 373 g/mol. The van der Waals surface area contributed by atoms with Gasteiger partial charge in [0, 0.05) is 38.3 Å². The lowest BCUT2D eigenvalue weighted by molar-refractivity contribution is -0.130. The number of H-pyrrole nitrogens is 1. The summed E-state index contributed by atoms with van der Waals surface area (Å²) in [5.74, 6) is 0.200. The van der Waals surface area contributed by atoms with Crippen LogP contribution in [-0.2, 0) is 18.3 Å². The lowest BCUT2D eigenvalue weighted by Gasteiger charge is -2.26. The number of aromatic nitrogens is 3. The first-order valence-corrected chi connectivity index (χ1v) is 9.93. The van der Waals surface area contributed by atoms with E-state index in [4.69, 9.17) is 0 Å². The minimum atomic E-state index is -0.119. The number of nitrogens with zero attached hydrogens (tertiary/aromatic N) is 4. The highest BCUT2D eigenvalue weighted by atomic mass is 16.2. The van der Waals surface area contributed by atoms with Gasteiger partial charge in [0.25, 0.3) is 5.56 Å². The molecule has 148 valence electrons. The van der Waals surface area contributed by atoms with E-state index in [2.05, 4.69) is 28.8 Å². The average Bonchev–Trinajstić information content (AvgIpc) is 3.21. The van der Waals surface area contributed by atoms with Crippen LogP contribution in [0.2, 0.25) is 0 Å². The first-order chi connectivity index (χ1) is 12.9. The van der Waals surface area contributed by atoms with Crippen molar-refractivity contribution < 1.29 is 4.79 Å². The van der Waals surface area contributed by atoms with Crippen molar-refractivity contribution in [3.63, 3.8) is 0 Å². The van der Waals surface area contributed by atoms with Gasteiger partial charge in [0.05, 0.1) is 5.39 Å². The average molecular weight is 374 g/mol. The van der Waals surface area contributed by atoms with Crippen LogP contribution in [0.15, 0.2) is 4.79 Å². The standard InChI is InChI=1S/C20H31N5O2/c1-6-24(7-2)15-10-11-25(12-15)17(26)9-8-16-13(3)18-19(21-14(16)4)23(5)22-20(18)27/h15H,6-12H2,1-5H3,(H,22,27). The number of rotatable bonds is 6. The summed E-state index contributed by atoms with van der Waals surface area (Å²) in [5.41, 5.74) is 3.41. The number of aryl methyl sites for hydroxylation is 3. The molecule has 0 spiro atoms. The van der Waals surface area contributed by atoms with Crippen LogP contribution < -0.4 is 5.56 Å². The molecule has 2 aromatic heterocycles. The van der Waals surface area contributed by atoms with Crippen LogP contribution >= 0.6 is 0 Å². The molecule has 1 saturated heterocycles. The third-order valence-corrected chi connectivity index (χ3v) is 6.01. The minimum absolute atomic E-state index is 0.119. The van der Waals surface area contributed by atoms with E-state index in [9.17, 15) is 9.59 Å². The molecule has 1 aliphatic heterocycles. The van der Waals surface area contributed by atoms with E-state index in [-0.39, 0.29) is 11.5 Å². The van der Waals surface area contributed by atoms with Gasteiger partial charge in [-0.05, 0) is 50.9 Å². The molecule has 1 N–H and O–H groups in total. The van der Waals surface area contributed by atoms with Gasteiger partial charge >= 0.3 is 0 Å². The third-order valence-electron chi connectivity index (χ3n) is 6.01. The Kier molecular flexibility index (Phi) is 5.69. The summed E-state index contributed by atoms with van der Waals surface area (Å²) in [4.78, 5) is 33.9. The number of hydrogen-bond donors (Lipinski definition) is 1. The molecule has 3 rings (SSSR count). The zero-order valence-electron chi connectivity index (χ0n) is 17.1. The van der Waals surface area contributed by atoms with Crippen LogP contribution in [0.4, 0.5) is 0 Å². The van der Waals surface area contributed by atoms with Crippen molar-refractivity contribution in [1.29, 1.82) is 0 Å². The molecule has 1 atom stereocenters. The summed E-state index contributed by atoms with van der Waals surface area (Å²) in [6, 6.07) is 0.480. The van der Waals surface area contributed by atoms with Crippen LogP contribution in [0, 0.1) is 13.8 Å². The van der Waals surface area contributed by atoms with Crippen LogP contribution in [0.1, 0.15) is 43.5 Å². The Labute approximate surface area is 160 Å². The van der Waals surface area contributed by atoms with E-state index < -0.39 is 0 Å². The number of aromatic amines is 1. The number of nitrogens with one attached hydrogen (secondary N) is 1. The number of fused-ring (bicyclic) bond motifs is 1. The second-order valence-electron chi connectivity index (χ2n) is 7.50. The topological polar surface area (TPSA) is 74.2 Å². The molecular formula is C20H31N5O2. The second-order valence-corrected chi connectivity index (χ2v) is 7.50.